The van der Waals surface area contributed by atoms with Crippen molar-refractivity contribution in [1.29, 1.82) is 0 Å². The van der Waals surface area contributed by atoms with Gasteiger partial charge >= 0.3 is 0 Å². The van der Waals surface area contributed by atoms with Crippen LogP contribution in [0.15, 0.2) is 601 Å². The van der Waals surface area contributed by atoms with Crippen molar-refractivity contribution in [2.75, 3.05) is 14.7 Å². The Bertz CT molecular complexity index is 8340. The highest BCUT2D eigenvalue weighted by Gasteiger charge is 2.50. The lowest BCUT2D eigenvalue weighted by atomic mass is 9.67. The van der Waals surface area contributed by atoms with Crippen molar-refractivity contribution >= 4 is 51.2 Å². The number of para-hydroxylation sites is 2. The van der Waals surface area contributed by atoms with Crippen molar-refractivity contribution in [3.8, 4) is 89.0 Å². The molecule has 0 N–H and O–H groups in total. The minimum atomic E-state index is -0.485. The molecular formula is C143H105N3. The lowest BCUT2D eigenvalue weighted by Crippen LogP contribution is -2.28. The summed E-state index contributed by atoms with van der Waals surface area (Å²) in [6, 6.07) is 219. The Hall–Kier alpha value is -18.5. The van der Waals surface area contributed by atoms with Gasteiger partial charge in [-0.15, -0.1) is 0 Å². The van der Waals surface area contributed by atoms with E-state index in [4.69, 9.17) is 0 Å². The van der Waals surface area contributed by atoms with Gasteiger partial charge in [-0.1, -0.05) is 509 Å². The average Bonchev–Trinajstić information content (AvgIpc) is 1.54. The molecule has 0 radical (unpaired) electrons. The highest BCUT2D eigenvalue weighted by molar-refractivity contribution is 5.97. The first-order chi connectivity index (χ1) is 72.3. The van der Waals surface area contributed by atoms with E-state index >= 15 is 0 Å². The van der Waals surface area contributed by atoms with Crippen molar-refractivity contribution in [2.45, 2.75) is 30.1 Å². The molecule has 0 fully saturated rings. The van der Waals surface area contributed by atoms with Crippen LogP contribution in [0.1, 0.15) is 77.9 Å². The van der Waals surface area contributed by atoms with Crippen molar-refractivity contribution < 1.29 is 0 Å². The summed E-state index contributed by atoms with van der Waals surface area (Å²) in [5.74, 6) is 0. The topological polar surface area (TPSA) is 9.72 Å². The maximum absolute atomic E-state index is 2.47. The monoisotopic (exact) mass is 1860 g/mol. The molecule has 0 spiro atoms. The van der Waals surface area contributed by atoms with Crippen LogP contribution in [-0.2, 0) is 16.2 Å². The number of rotatable bonds is 20. The van der Waals surface area contributed by atoms with Crippen molar-refractivity contribution in [2.24, 2.45) is 0 Å². The lowest BCUT2D eigenvalue weighted by Gasteiger charge is -2.35. The highest BCUT2D eigenvalue weighted by atomic mass is 15.2. The number of hydrogen-bond donors (Lipinski definition) is 0. The molecule has 0 amide bonds. The third-order valence-electron chi connectivity index (χ3n) is 29.9. The van der Waals surface area contributed by atoms with E-state index in [-0.39, 0.29) is 0 Å². The van der Waals surface area contributed by atoms with Crippen molar-refractivity contribution in [3.63, 3.8) is 0 Å². The maximum atomic E-state index is 2.47. The highest BCUT2D eigenvalue weighted by Crippen LogP contribution is 2.62. The first kappa shape index (κ1) is 90.0. The first-order valence-electron chi connectivity index (χ1n) is 50.6. The van der Waals surface area contributed by atoms with E-state index in [9.17, 15) is 0 Å². The normalized spacial score (nSPS) is 12.6. The van der Waals surface area contributed by atoms with Crippen LogP contribution in [0, 0.1) is 13.8 Å². The number of fused-ring (bicyclic) bond motifs is 9. The smallest absolute Gasteiger partial charge is 0.0714 e. The molecule has 3 heteroatoms. The van der Waals surface area contributed by atoms with Gasteiger partial charge in [-0.2, -0.15) is 0 Å². The Morgan fingerprint density at radius 1 is 0.130 bits per heavy atom. The van der Waals surface area contributed by atoms with Crippen molar-refractivity contribution in [1.82, 2.24) is 0 Å². The fourth-order valence-corrected chi connectivity index (χ4v) is 23.3. The second-order valence-electron chi connectivity index (χ2n) is 38.1. The van der Waals surface area contributed by atoms with E-state index < -0.39 is 16.2 Å². The molecule has 0 saturated heterocycles. The summed E-state index contributed by atoms with van der Waals surface area (Å²) < 4.78 is 0. The molecule has 0 aliphatic heterocycles. The van der Waals surface area contributed by atoms with E-state index in [2.05, 4.69) is 629 Å². The zero-order valence-corrected chi connectivity index (χ0v) is 81.5. The molecule has 0 aromatic heterocycles. The SMILES string of the molecule is Cc1cc(-c2ccccc2)ccc1N(c1ccc2c(c1)C(c1ccccc1)(c1ccccc1)c1ccccc1-2)c1ccccc1-c1ccccc1.Cc1ccc(N(c2ccc3c(c2)C(c2ccccc2)(c2ccccc2)c2ccccc2-3)c2ccccc2-c2ccccc2)cc1.c1ccc(-c2ccc(N(c3ccc(-c4ccccc4)cc3)c3ccc4c(c3)C(c3ccccc3)(c3ccccc3)c3ccccc3-4)cc2)cc1. The molecule has 146 heavy (non-hydrogen) atoms. The second kappa shape index (κ2) is 39.5. The second-order valence-corrected chi connectivity index (χ2v) is 38.1. The van der Waals surface area contributed by atoms with Gasteiger partial charge < -0.3 is 14.7 Å². The molecular weight excluding hydrogens is 1760 g/mol. The summed E-state index contributed by atoms with van der Waals surface area (Å²) in [7, 11) is 0. The molecule has 3 nitrogen and oxygen atoms in total. The Balaban J connectivity index is 0.000000118. The van der Waals surface area contributed by atoms with E-state index in [1.165, 1.54) is 167 Å². The quantitative estimate of drug-likeness (QED) is 0.0753. The Morgan fingerprint density at radius 3 is 0.671 bits per heavy atom. The predicted molar refractivity (Wildman–Crippen MR) is 612 cm³/mol. The zero-order valence-electron chi connectivity index (χ0n) is 81.5. The number of hydrogen-bond acceptors (Lipinski definition) is 3. The standard InChI is InChI=1S/C50H37N.C49H35N.C44H33N/c1-36-34-39(37-18-6-2-7-19-37)30-33-48(36)51(49-29-17-15-26-43(49)38-20-8-3-9-21-38)42-31-32-45-44-27-14-16-28-46(44)50(47(45)35-42,40-22-10-4-11-23-40)41-24-12-5-13-25-41;1-5-15-36(16-6-1)38-25-29-42(30-26-38)50(43-31-27-39(28-32-43)37-17-7-2-8-18-37)44-33-34-46-45-23-13-14-24-47(45)49(48(46)35-44,40-19-9-3-10-20-40)41-21-11-4-12-22-41;1-32-25-27-36(28-26-32)45(43-24-14-12-21-38(43)33-15-5-2-6-16-33)37-29-30-40-39-22-11-13-23-41(39)44(42(40)31-37,34-17-7-3-8-18-34)35-19-9-4-10-20-35/h2-35H,1H3;1-35H;2-31H,1H3. The number of aryl methyl sites for hydroxylation is 2. The maximum Gasteiger partial charge on any atom is 0.0714 e. The predicted octanol–water partition coefficient (Wildman–Crippen LogP) is 37.5. The van der Waals surface area contributed by atoms with E-state index in [0.717, 1.165) is 51.2 Å². The van der Waals surface area contributed by atoms with Gasteiger partial charge in [-0.05, 0) is 261 Å². The third kappa shape index (κ3) is 16.2. The van der Waals surface area contributed by atoms with Gasteiger partial charge in [0.25, 0.3) is 0 Å². The average molecular weight is 1870 g/mol. The molecule has 26 rings (SSSR count). The van der Waals surface area contributed by atoms with Crippen LogP contribution < -0.4 is 14.7 Å². The molecule has 692 valence electrons. The largest absolute Gasteiger partial charge is 0.310 e. The van der Waals surface area contributed by atoms with Crippen LogP contribution in [-0.4, -0.2) is 0 Å². The minimum Gasteiger partial charge on any atom is -0.310 e. The molecule has 0 saturated carbocycles. The fraction of sp³-hybridized carbons (Fsp3) is 0.0350. The van der Waals surface area contributed by atoms with Crippen LogP contribution in [0.3, 0.4) is 0 Å². The van der Waals surface area contributed by atoms with Crippen LogP contribution >= 0.6 is 0 Å². The van der Waals surface area contributed by atoms with Crippen LogP contribution in [0.2, 0.25) is 0 Å². The van der Waals surface area contributed by atoms with Crippen LogP contribution in [0.5, 0.6) is 0 Å². The van der Waals surface area contributed by atoms with Gasteiger partial charge in [0.1, 0.15) is 0 Å². The molecule has 0 bridgehead atoms. The molecule has 0 unspecified atom stereocenters. The lowest BCUT2D eigenvalue weighted by molar-refractivity contribution is 0.768. The molecule has 3 aliphatic rings. The third-order valence-corrected chi connectivity index (χ3v) is 29.9. The summed E-state index contributed by atoms with van der Waals surface area (Å²) in [6.45, 7) is 4.38. The van der Waals surface area contributed by atoms with Crippen LogP contribution in [0.25, 0.3) is 89.0 Å². The molecule has 0 atom stereocenters. The van der Waals surface area contributed by atoms with E-state index in [0.29, 0.717) is 0 Å². The fourth-order valence-electron chi connectivity index (χ4n) is 23.3. The van der Waals surface area contributed by atoms with Gasteiger partial charge in [0.05, 0.1) is 27.6 Å². The van der Waals surface area contributed by atoms with Gasteiger partial charge in [-0.25, -0.2) is 0 Å². The Morgan fingerprint density at radius 2 is 0.349 bits per heavy atom. The van der Waals surface area contributed by atoms with E-state index in [1.54, 1.807) is 0 Å². The first-order valence-corrected chi connectivity index (χ1v) is 50.6. The number of anilines is 9. The molecule has 0 heterocycles. The van der Waals surface area contributed by atoms with Crippen molar-refractivity contribution in [3.05, 3.63) is 678 Å². The summed E-state index contributed by atoms with van der Waals surface area (Å²) in [5.41, 5.74) is 46.3. The Kier molecular flexibility index (Phi) is 24.4. The van der Waals surface area contributed by atoms with Gasteiger partial charge in [-0.3, -0.25) is 0 Å². The van der Waals surface area contributed by atoms with Crippen LogP contribution in [0.4, 0.5) is 51.2 Å². The van der Waals surface area contributed by atoms with Gasteiger partial charge in [0.15, 0.2) is 0 Å². The molecule has 23 aromatic carbocycles. The zero-order chi connectivity index (χ0) is 97.8. The summed E-state index contributed by atoms with van der Waals surface area (Å²) in [5, 5.41) is 0. The molecule has 23 aromatic rings. The number of nitrogens with zero attached hydrogens (tertiary/aromatic N) is 3. The summed E-state index contributed by atoms with van der Waals surface area (Å²) in [6.07, 6.45) is 0. The van der Waals surface area contributed by atoms with Gasteiger partial charge in [0, 0.05) is 50.9 Å². The summed E-state index contributed by atoms with van der Waals surface area (Å²) in [4.78, 5) is 7.29. The van der Waals surface area contributed by atoms with E-state index in [1.807, 2.05) is 0 Å². The Labute approximate surface area is 857 Å². The van der Waals surface area contributed by atoms with Gasteiger partial charge in [0.2, 0.25) is 0 Å². The molecule has 3 aliphatic carbocycles. The summed E-state index contributed by atoms with van der Waals surface area (Å²) >= 11 is 0. The minimum absolute atomic E-state index is 0.456. The number of benzene rings is 23.